The highest BCUT2D eigenvalue weighted by Crippen LogP contribution is 2.18. The van der Waals surface area contributed by atoms with Crippen molar-refractivity contribution >= 4 is 15.9 Å². The van der Waals surface area contributed by atoms with Crippen LogP contribution in [0, 0.1) is 5.82 Å². The molecule has 0 amide bonds. The maximum Gasteiger partial charge on any atom is 0.127 e. The monoisotopic (exact) mass is 349 g/mol. The fourth-order valence-electron chi connectivity index (χ4n) is 2.50. The minimum absolute atomic E-state index is 0.132. The van der Waals surface area contributed by atoms with E-state index in [1.165, 1.54) is 11.6 Å². The number of hydrogen-bond donors (Lipinski definition) is 1. The Hall–Kier alpha value is -1.19. The first-order valence-corrected chi connectivity index (χ1v) is 8.19. The third-order valence-electron chi connectivity index (χ3n) is 3.60. The lowest BCUT2D eigenvalue weighted by molar-refractivity contribution is 0.480. The van der Waals surface area contributed by atoms with Crippen LogP contribution in [0.4, 0.5) is 4.39 Å². The molecule has 0 aliphatic heterocycles. The van der Waals surface area contributed by atoms with E-state index in [-0.39, 0.29) is 5.82 Å². The quantitative estimate of drug-likeness (QED) is 0.760. The van der Waals surface area contributed by atoms with Crippen LogP contribution in [-0.2, 0) is 12.8 Å². The standard InChI is InChI=1S/C18H21BrFN/c1-2-21-17(11-8-14-6-4-3-5-7-14)12-15-9-10-16(19)13-18(15)20/h3-7,9-10,13,17,21H,2,8,11-12H2,1H3. The number of benzene rings is 2. The summed E-state index contributed by atoms with van der Waals surface area (Å²) >= 11 is 3.30. The van der Waals surface area contributed by atoms with Crippen molar-refractivity contribution in [1.29, 1.82) is 0 Å². The predicted octanol–water partition coefficient (Wildman–Crippen LogP) is 4.74. The zero-order chi connectivity index (χ0) is 15.1. The summed E-state index contributed by atoms with van der Waals surface area (Å²) in [6.45, 7) is 2.99. The van der Waals surface area contributed by atoms with E-state index in [2.05, 4.69) is 52.4 Å². The molecule has 2 aromatic carbocycles. The smallest absolute Gasteiger partial charge is 0.127 e. The highest BCUT2D eigenvalue weighted by molar-refractivity contribution is 9.10. The normalized spacial score (nSPS) is 12.3. The second-order valence-electron chi connectivity index (χ2n) is 5.22. The van der Waals surface area contributed by atoms with E-state index < -0.39 is 0 Å². The number of aryl methyl sites for hydroxylation is 1. The van der Waals surface area contributed by atoms with Crippen LogP contribution in [0.2, 0.25) is 0 Å². The first-order chi connectivity index (χ1) is 10.2. The van der Waals surface area contributed by atoms with Crippen molar-refractivity contribution in [3.05, 3.63) is 69.9 Å². The molecule has 21 heavy (non-hydrogen) atoms. The van der Waals surface area contributed by atoms with E-state index >= 15 is 0 Å². The molecule has 1 N–H and O–H groups in total. The Balaban J connectivity index is 1.98. The Labute approximate surface area is 134 Å². The summed E-state index contributed by atoms with van der Waals surface area (Å²) in [5.74, 6) is -0.132. The molecule has 0 fully saturated rings. The molecule has 0 aliphatic carbocycles. The van der Waals surface area contributed by atoms with Gasteiger partial charge in [-0.05, 0) is 49.1 Å². The van der Waals surface area contributed by atoms with E-state index in [1.807, 2.05) is 18.2 Å². The fraction of sp³-hybridized carbons (Fsp3) is 0.333. The lowest BCUT2D eigenvalue weighted by Gasteiger charge is -2.18. The third-order valence-corrected chi connectivity index (χ3v) is 4.09. The van der Waals surface area contributed by atoms with Crippen LogP contribution in [0.3, 0.4) is 0 Å². The number of halogens is 2. The van der Waals surface area contributed by atoms with Gasteiger partial charge < -0.3 is 5.32 Å². The molecule has 112 valence electrons. The molecule has 0 saturated heterocycles. The fourth-order valence-corrected chi connectivity index (χ4v) is 2.84. The van der Waals surface area contributed by atoms with Crippen LogP contribution in [0.25, 0.3) is 0 Å². The van der Waals surface area contributed by atoms with Gasteiger partial charge in [0.05, 0.1) is 0 Å². The molecule has 1 atom stereocenters. The summed E-state index contributed by atoms with van der Waals surface area (Å²) in [5.41, 5.74) is 2.11. The molecule has 2 aromatic rings. The van der Waals surface area contributed by atoms with E-state index in [9.17, 15) is 4.39 Å². The summed E-state index contributed by atoms with van der Waals surface area (Å²) in [6.07, 6.45) is 2.74. The van der Waals surface area contributed by atoms with Crippen LogP contribution in [0.1, 0.15) is 24.5 Å². The molecular formula is C18H21BrFN. The van der Waals surface area contributed by atoms with Gasteiger partial charge in [-0.2, -0.15) is 0 Å². The van der Waals surface area contributed by atoms with Gasteiger partial charge in [0.1, 0.15) is 5.82 Å². The van der Waals surface area contributed by atoms with Gasteiger partial charge in [-0.1, -0.05) is 59.3 Å². The van der Waals surface area contributed by atoms with Gasteiger partial charge in [-0.15, -0.1) is 0 Å². The maximum atomic E-state index is 14.0. The molecule has 0 saturated carbocycles. The lowest BCUT2D eigenvalue weighted by Crippen LogP contribution is -2.31. The van der Waals surface area contributed by atoms with Gasteiger partial charge in [-0.25, -0.2) is 4.39 Å². The van der Waals surface area contributed by atoms with Crippen molar-refractivity contribution in [2.75, 3.05) is 6.54 Å². The molecule has 0 aromatic heterocycles. The lowest BCUT2D eigenvalue weighted by atomic mass is 9.98. The van der Waals surface area contributed by atoms with Crippen molar-refractivity contribution in [2.24, 2.45) is 0 Å². The van der Waals surface area contributed by atoms with E-state index in [0.29, 0.717) is 6.04 Å². The molecule has 2 rings (SSSR count). The number of hydrogen-bond acceptors (Lipinski definition) is 1. The SMILES string of the molecule is CCNC(CCc1ccccc1)Cc1ccc(Br)cc1F. The van der Waals surface area contributed by atoms with Gasteiger partial charge >= 0.3 is 0 Å². The van der Waals surface area contributed by atoms with Crippen LogP contribution in [0.15, 0.2) is 53.0 Å². The molecular weight excluding hydrogens is 329 g/mol. The van der Waals surface area contributed by atoms with Gasteiger partial charge in [0.25, 0.3) is 0 Å². The minimum atomic E-state index is -0.132. The largest absolute Gasteiger partial charge is 0.314 e. The molecule has 0 bridgehead atoms. The Kier molecular flexibility index (Phi) is 6.40. The molecule has 0 heterocycles. The van der Waals surface area contributed by atoms with Gasteiger partial charge in [0.15, 0.2) is 0 Å². The van der Waals surface area contributed by atoms with Gasteiger partial charge in [0, 0.05) is 10.5 Å². The first kappa shape index (κ1) is 16.2. The average Bonchev–Trinajstić information content (AvgIpc) is 2.49. The summed E-state index contributed by atoms with van der Waals surface area (Å²) in [7, 11) is 0. The van der Waals surface area contributed by atoms with Crippen LogP contribution >= 0.6 is 15.9 Å². The highest BCUT2D eigenvalue weighted by Gasteiger charge is 2.12. The Morgan fingerprint density at radius 1 is 1.14 bits per heavy atom. The summed E-state index contributed by atoms with van der Waals surface area (Å²) in [4.78, 5) is 0. The van der Waals surface area contributed by atoms with Gasteiger partial charge in [-0.3, -0.25) is 0 Å². The van der Waals surface area contributed by atoms with Crippen molar-refractivity contribution < 1.29 is 4.39 Å². The van der Waals surface area contributed by atoms with Crippen molar-refractivity contribution in [2.45, 2.75) is 32.2 Å². The second-order valence-corrected chi connectivity index (χ2v) is 6.13. The van der Waals surface area contributed by atoms with E-state index in [4.69, 9.17) is 0 Å². The summed E-state index contributed by atoms with van der Waals surface area (Å²) < 4.78 is 14.7. The highest BCUT2D eigenvalue weighted by atomic mass is 79.9. The molecule has 0 radical (unpaired) electrons. The predicted molar refractivity (Wildman–Crippen MR) is 90.0 cm³/mol. The zero-order valence-electron chi connectivity index (χ0n) is 12.3. The summed E-state index contributed by atoms with van der Waals surface area (Å²) in [6, 6.07) is 16.0. The number of nitrogens with one attached hydrogen (secondary N) is 1. The van der Waals surface area contributed by atoms with Crippen molar-refractivity contribution in [3.63, 3.8) is 0 Å². The third kappa shape index (κ3) is 5.25. The topological polar surface area (TPSA) is 12.0 Å². The van der Waals surface area contributed by atoms with Crippen LogP contribution in [0.5, 0.6) is 0 Å². The second kappa shape index (κ2) is 8.30. The van der Waals surface area contributed by atoms with E-state index in [1.54, 1.807) is 0 Å². The van der Waals surface area contributed by atoms with E-state index in [0.717, 1.165) is 35.8 Å². The molecule has 0 spiro atoms. The number of likely N-dealkylation sites (N-methyl/N-ethyl adjacent to an activating group) is 1. The molecule has 3 heteroatoms. The van der Waals surface area contributed by atoms with Gasteiger partial charge in [0.2, 0.25) is 0 Å². The van der Waals surface area contributed by atoms with Crippen LogP contribution in [-0.4, -0.2) is 12.6 Å². The van der Waals surface area contributed by atoms with Crippen molar-refractivity contribution in [3.8, 4) is 0 Å². The first-order valence-electron chi connectivity index (χ1n) is 7.40. The zero-order valence-corrected chi connectivity index (χ0v) is 13.9. The minimum Gasteiger partial charge on any atom is -0.314 e. The maximum absolute atomic E-state index is 14.0. The molecule has 1 nitrogen and oxygen atoms in total. The average molecular weight is 350 g/mol. The summed E-state index contributed by atoms with van der Waals surface area (Å²) in [5, 5.41) is 3.46. The Morgan fingerprint density at radius 2 is 1.90 bits per heavy atom. The molecule has 0 aliphatic rings. The Morgan fingerprint density at radius 3 is 2.57 bits per heavy atom. The van der Waals surface area contributed by atoms with Crippen molar-refractivity contribution in [1.82, 2.24) is 5.32 Å². The Bertz CT molecular complexity index is 556. The van der Waals surface area contributed by atoms with Crippen LogP contribution < -0.4 is 5.32 Å². The molecule has 1 unspecified atom stereocenters. The number of rotatable bonds is 7.